The first-order chi connectivity index (χ1) is 9.90. The molecule has 7 nitrogen and oxygen atoms in total. The third-order valence-electron chi connectivity index (χ3n) is 3.01. The molecule has 2 rings (SSSR count). The van der Waals surface area contributed by atoms with Gasteiger partial charge in [-0.25, -0.2) is 9.78 Å². The van der Waals surface area contributed by atoms with Crippen molar-refractivity contribution in [1.29, 1.82) is 0 Å². The van der Waals surface area contributed by atoms with E-state index in [2.05, 4.69) is 4.98 Å². The van der Waals surface area contributed by atoms with Gasteiger partial charge in [-0.2, -0.15) is 0 Å². The highest BCUT2D eigenvalue weighted by atomic mass is 16.6. The number of hydrogen-bond acceptors (Lipinski definition) is 5. The number of rotatable bonds is 4. The summed E-state index contributed by atoms with van der Waals surface area (Å²) >= 11 is 0. The summed E-state index contributed by atoms with van der Waals surface area (Å²) < 4.78 is 0. The van der Waals surface area contributed by atoms with Gasteiger partial charge in [-0.05, 0) is 37.3 Å². The summed E-state index contributed by atoms with van der Waals surface area (Å²) in [5, 5.41) is 19.9. The number of carboxylic acids is 1. The molecule has 0 atom stereocenters. The summed E-state index contributed by atoms with van der Waals surface area (Å²) in [6, 6.07) is 9.02. The van der Waals surface area contributed by atoms with Gasteiger partial charge in [-0.3, -0.25) is 10.1 Å². The largest absolute Gasteiger partial charge is 0.478 e. The first kappa shape index (κ1) is 14.4. The Kier molecular flexibility index (Phi) is 3.84. The van der Waals surface area contributed by atoms with Crippen molar-refractivity contribution in [2.45, 2.75) is 6.92 Å². The smallest absolute Gasteiger partial charge is 0.335 e. The van der Waals surface area contributed by atoms with E-state index in [9.17, 15) is 14.9 Å². The van der Waals surface area contributed by atoms with Crippen LogP contribution in [0, 0.1) is 17.0 Å². The number of pyridine rings is 1. The van der Waals surface area contributed by atoms with E-state index in [0.717, 1.165) is 0 Å². The standard InChI is InChI=1S/C14H13N3O4/c1-9-3-8-12(17(20)21)13(15-9)16(2)11-6-4-10(5-7-11)14(18)19/h3-8H,1-2H3,(H,18,19). The lowest BCUT2D eigenvalue weighted by Crippen LogP contribution is -2.14. The van der Waals surface area contributed by atoms with Gasteiger partial charge in [-0.15, -0.1) is 0 Å². The first-order valence-electron chi connectivity index (χ1n) is 6.09. The molecule has 1 aromatic carbocycles. The predicted molar refractivity (Wildman–Crippen MR) is 77.1 cm³/mol. The quantitative estimate of drug-likeness (QED) is 0.686. The highest BCUT2D eigenvalue weighted by molar-refractivity contribution is 5.88. The summed E-state index contributed by atoms with van der Waals surface area (Å²) in [4.78, 5) is 27.2. The zero-order valence-corrected chi connectivity index (χ0v) is 11.5. The minimum atomic E-state index is -1.02. The molecule has 0 fully saturated rings. The third kappa shape index (κ3) is 2.97. The van der Waals surface area contributed by atoms with E-state index in [1.807, 2.05) is 0 Å². The molecule has 0 amide bonds. The maximum Gasteiger partial charge on any atom is 0.335 e. The lowest BCUT2D eigenvalue weighted by Gasteiger charge is -2.18. The lowest BCUT2D eigenvalue weighted by atomic mass is 10.2. The molecule has 1 N–H and O–H groups in total. The summed E-state index contributed by atoms with van der Waals surface area (Å²) in [5.74, 6) is -0.813. The Bertz CT molecular complexity index is 698. The van der Waals surface area contributed by atoms with Gasteiger partial charge < -0.3 is 10.0 Å². The van der Waals surface area contributed by atoms with Crippen LogP contribution < -0.4 is 4.90 Å². The molecular weight excluding hydrogens is 274 g/mol. The fraction of sp³-hybridized carbons (Fsp3) is 0.143. The topological polar surface area (TPSA) is 96.6 Å². The van der Waals surface area contributed by atoms with Crippen LogP contribution >= 0.6 is 0 Å². The normalized spacial score (nSPS) is 10.2. The van der Waals surface area contributed by atoms with Crippen LogP contribution in [0.25, 0.3) is 0 Å². The summed E-state index contributed by atoms with van der Waals surface area (Å²) in [7, 11) is 1.64. The van der Waals surface area contributed by atoms with E-state index in [1.54, 1.807) is 37.1 Å². The average molecular weight is 287 g/mol. The van der Waals surface area contributed by atoms with Crippen molar-refractivity contribution in [3.8, 4) is 0 Å². The van der Waals surface area contributed by atoms with E-state index >= 15 is 0 Å². The summed E-state index contributed by atoms with van der Waals surface area (Å²) in [5.41, 5.74) is 1.31. The van der Waals surface area contributed by atoms with Gasteiger partial charge in [0.05, 0.1) is 10.5 Å². The van der Waals surface area contributed by atoms with Crippen LogP contribution in [-0.4, -0.2) is 28.0 Å². The van der Waals surface area contributed by atoms with Crippen LogP contribution in [0.5, 0.6) is 0 Å². The van der Waals surface area contributed by atoms with Gasteiger partial charge >= 0.3 is 11.7 Å². The predicted octanol–water partition coefficient (Wildman–Crippen LogP) is 2.76. The minimum absolute atomic E-state index is 0.106. The SMILES string of the molecule is Cc1ccc([N+](=O)[O-])c(N(C)c2ccc(C(=O)O)cc2)n1. The van der Waals surface area contributed by atoms with Crippen molar-refractivity contribution in [1.82, 2.24) is 4.98 Å². The van der Waals surface area contributed by atoms with Crippen molar-refractivity contribution < 1.29 is 14.8 Å². The number of carboxylic acid groups (broad SMARTS) is 1. The molecule has 0 bridgehead atoms. The Morgan fingerprint density at radius 2 is 1.86 bits per heavy atom. The fourth-order valence-electron chi connectivity index (χ4n) is 1.87. The molecule has 2 aromatic rings. The minimum Gasteiger partial charge on any atom is -0.478 e. The molecular formula is C14H13N3O4. The van der Waals surface area contributed by atoms with Crippen LogP contribution in [0.4, 0.5) is 17.2 Å². The molecule has 7 heteroatoms. The van der Waals surface area contributed by atoms with Gasteiger partial charge in [0.25, 0.3) is 0 Å². The fourth-order valence-corrected chi connectivity index (χ4v) is 1.87. The molecule has 0 saturated carbocycles. The third-order valence-corrected chi connectivity index (χ3v) is 3.01. The maximum absolute atomic E-state index is 11.1. The zero-order valence-electron chi connectivity index (χ0n) is 11.5. The second kappa shape index (κ2) is 5.58. The zero-order chi connectivity index (χ0) is 15.6. The number of aromatic carboxylic acids is 1. The number of aryl methyl sites for hydroxylation is 1. The number of nitrogens with zero attached hydrogens (tertiary/aromatic N) is 3. The molecule has 0 unspecified atom stereocenters. The Balaban J connectivity index is 2.44. The highest BCUT2D eigenvalue weighted by Gasteiger charge is 2.20. The van der Waals surface area contributed by atoms with Gasteiger partial charge in [0.2, 0.25) is 5.82 Å². The maximum atomic E-state index is 11.1. The molecule has 0 saturated heterocycles. The molecule has 0 aliphatic rings. The average Bonchev–Trinajstić information content (AvgIpc) is 2.46. The number of anilines is 2. The van der Waals surface area contributed by atoms with Gasteiger partial charge in [-0.1, -0.05) is 0 Å². The molecule has 21 heavy (non-hydrogen) atoms. The Hall–Kier alpha value is -2.96. The van der Waals surface area contributed by atoms with Gasteiger partial charge in [0.1, 0.15) is 0 Å². The van der Waals surface area contributed by atoms with Crippen molar-refractivity contribution in [2.24, 2.45) is 0 Å². The molecule has 0 aliphatic carbocycles. The Morgan fingerprint density at radius 3 is 2.38 bits per heavy atom. The number of hydrogen-bond donors (Lipinski definition) is 1. The number of aromatic nitrogens is 1. The van der Waals surface area contributed by atoms with Crippen LogP contribution in [0.1, 0.15) is 16.1 Å². The van der Waals surface area contributed by atoms with Gasteiger partial charge in [0.15, 0.2) is 0 Å². The summed E-state index contributed by atoms with van der Waals surface area (Å²) in [6.45, 7) is 1.74. The van der Waals surface area contributed by atoms with E-state index in [4.69, 9.17) is 5.11 Å². The van der Waals surface area contributed by atoms with Crippen molar-refractivity contribution in [3.63, 3.8) is 0 Å². The van der Waals surface area contributed by atoms with E-state index in [0.29, 0.717) is 11.4 Å². The highest BCUT2D eigenvalue weighted by Crippen LogP contribution is 2.30. The first-order valence-corrected chi connectivity index (χ1v) is 6.09. The Morgan fingerprint density at radius 1 is 1.24 bits per heavy atom. The molecule has 1 aromatic heterocycles. The number of carbonyl (C=O) groups is 1. The van der Waals surface area contributed by atoms with Crippen molar-refractivity contribution in [3.05, 3.63) is 57.8 Å². The Labute approximate surface area is 120 Å². The lowest BCUT2D eigenvalue weighted by molar-refractivity contribution is -0.384. The molecule has 0 radical (unpaired) electrons. The van der Waals surface area contributed by atoms with Crippen LogP contribution in [0.15, 0.2) is 36.4 Å². The van der Waals surface area contributed by atoms with Crippen molar-refractivity contribution in [2.75, 3.05) is 11.9 Å². The number of benzene rings is 1. The molecule has 1 heterocycles. The second-order valence-corrected chi connectivity index (χ2v) is 4.46. The van der Waals surface area contributed by atoms with E-state index < -0.39 is 10.9 Å². The van der Waals surface area contributed by atoms with E-state index in [1.165, 1.54) is 18.2 Å². The van der Waals surface area contributed by atoms with Crippen LogP contribution in [-0.2, 0) is 0 Å². The second-order valence-electron chi connectivity index (χ2n) is 4.46. The van der Waals surface area contributed by atoms with Crippen LogP contribution in [0.3, 0.4) is 0 Å². The van der Waals surface area contributed by atoms with Gasteiger partial charge in [0, 0.05) is 24.5 Å². The van der Waals surface area contributed by atoms with Crippen LogP contribution in [0.2, 0.25) is 0 Å². The summed E-state index contributed by atoms with van der Waals surface area (Å²) in [6.07, 6.45) is 0. The molecule has 0 aliphatic heterocycles. The molecule has 108 valence electrons. The van der Waals surface area contributed by atoms with E-state index in [-0.39, 0.29) is 17.1 Å². The van der Waals surface area contributed by atoms with Crippen molar-refractivity contribution >= 4 is 23.2 Å². The number of nitro groups is 1. The monoisotopic (exact) mass is 287 g/mol. The molecule has 0 spiro atoms.